The largest absolute Gasteiger partial charge is 0.393 e. The van der Waals surface area contributed by atoms with Crippen LogP contribution >= 0.6 is 0 Å². The smallest absolute Gasteiger partial charge is 0.292 e. The number of hydrogen-bond donors (Lipinski definition) is 2. The van der Waals surface area contributed by atoms with Crippen LogP contribution in [0.4, 0.5) is 17.1 Å². The highest BCUT2D eigenvalue weighted by atomic mass is 32.2. The van der Waals surface area contributed by atoms with Crippen molar-refractivity contribution in [3.05, 3.63) is 28.3 Å². The molecule has 104 valence electrons. The van der Waals surface area contributed by atoms with Crippen molar-refractivity contribution in [3.63, 3.8) is 0 Å². The predicted molar refractivity (Wildman–Crippen MR) is 72.8 cm³/mol. The molecule has 0 aromatic heterocycles. The van der Waals surface area contributed by atoms with Crippen LogP contribution in [0.3, 0.4) is 0 Å². The lowest BCUT2D eigenvalue weighted by Crippen LogP contribution is -2.34. The second-order valence-electron chi connectivity index (χ2n) is 4.63. The molecule has 1 saturated heterocycles. The first kappa shape index (κ1) is 13.6. The van der Waals surface area contributed by atoms with E-state index in [0.717, 1.165) is 6.42 Å². The van der Waals surface area contributed by atoms with Crippen molar-refractivity contribution in [1.82, 2.24) is 0 Å². The molecule has 0 aliphatic carbocycles. The molecule has 7 nitrogen and oxygen atoms in total. The van der Waals surface area contributed by atoms with Crippen LogP contribution in [0.5, 0.6) is 0 Å². The van der Waals surface area contributed by atoms with Crippen LogP contribution < -0.4 is 11.1 Å². The Bertz CT molecular complexity index is 600. The molecule has 1 aromatic carbocycles. The minimum absolute atomic E-state index is 0.0636. The summed E-state index contributed by atoms with van der Waals surface area (Å²) in [7, 11) is -2.99. The molecule has 0 saturated carbocycles. The topological polar surface area (TPSA) is 115 Å². The monoisotopic (exact) mass is 285 g/mol. The summed E-state index contributed by atoms with van der Waals surface area (Å²) in [6.07, 6.45) is 1.39. The Balaban J connectivity index is 2.11. The molecular formula is C11H15N3O4S. The summed E-state index contributed by atoms with van der Waals surface area (Å²) in [6, 6.07) is 4.14. The number of anilines is 2. The van der Waals surface area contributed by atoms with Crippen LogP contribution in [0.15, 0.2) is 18.2 Å². The quantitative estimate of drug-likeness (QED) is 0.489. The van der Waals surface area contributed by atoms with Gasteiger partial charge in [0.25, 0.3) is 5.69 Å². The second kappa shape index (κ2) is 5.04. The fourth-order valence-electron chi connectivity index (χ4n) is 2.18. The number of nitro benzene ring substituents is 1. The molecule has 19 heavy (non-hydrogen) atoms. The third kappa shape index (κ3) is 3.34. The van der Waals surface area contributed by atoms with Crippen molar-refractivity contribution in [1.29, 1.82) is 0 Å². The van der Waals surface area contributed by atoms with Crippen molar-refractivity contribution in [3.8, 4) is 0 Å². The van der Waals surface area contributed by atoms with Crippen LogP contribution in [-0.4, -0.2) is 30.9 Å². The van der Waals surface area contributed by atoms with Gasteiger partial charge < -0.3 is 11.1 Å². The Kier molecular flexibility index (Phi) is 3.61. The Hall–Kier alpha value is -1.83. The van der Waals surface area contributed by atoms with Gasteiger partial charge in [-0.1, -0.05) is 0 Å². The molecule has 3 N–H and O–H groups in total. The third-order valence-electron chi connectivity index (χ3n) is 3.06. The van der Waals surface area contributed by atoms with E-state index >= 15 is 0 Å². The molecule has 1 aliphatic heterocycles. The summed E-state index contributed by atoms with van der Waals surface area (Å²) < 4.78 is 23.0. The average Bonchev–Trinajstić information content (AvgIpc) is 2.27. The van der Waals surface area contributed by atoms with Crippen molar-refractivity contribution < 1.29 is 13.3 Å². The van der Waals surface area contributed by atoms with Gasteiger partial charge in [-0.25, -0.2) is 8.42 Å². The summed E-state index contributed by atoms with van der Waals surface area (Å²) in [5, 5.41) is 13.7. The first-order valence-corrected chi connectivity index (χ1v) is 7.70. The maximum absolute atomic E-state index is 11.5. The van der Waals surface area contributed by atoms with Crippen molar-refractivity contribution in [2.24, 2.45) is 0 Å². The number of nitrogens with zero attached hydrogens (tertiary/aromatic N) is 1. The lowest BCUT2D eigenvalue weighted by Gasteiger charge is -2.24. The number of nitrogens with two attached hydrogens (primary N) is 1. The van der Waals surface area contributed by atoms with Crippen LogP contribution in [0, 0.1) is 10.1 Å². The third-order valence-corrected chi connectivity index (χ3v) is 4.88. The summed E-state index contributed by atoms with van der Waals surface area (Å²) in [6.45, 7) is 0. The molecule has 1 fully saturated rings. The van der Waals surface area contributed by atoms with E-state index in [1.54, 1.807) is 0 Å². The normalized spacial score (nSPS) is 21.8. The molecule has 0 spiro atoms. The number of nitrogens with one attached hydrogen (secondary N) is 1. The number of benzene rings is 1. The predicted octanol–water partition coefficient (Wildman–Crippen LogP) is 1.17. The lowest BCUT2D eigenvalue weighted by atomic mass is 10.1. The SMILES string of the molecule is Nc1cc(NC2CCCS(=O)(=O)C2)ccc1[N+](=O)[O-]. The molecule has 8 heteroatoms. The highest BCUT2D eigenvalue weighted by Gasteiger charge is 2.24. The van der Waals surface area contributed by atoms with E-state index in [4.69, 9.17) is 5.73 Å². The van der Waals surface area contributed by atoms with Crippen molar-refractivity contribution >= 4 is 26.9 Å². The van der Waals surface area contributed by atoms with E-state index in [0.29, 0.717) is 12.1 Å². The molecule has 1 unspecified atom stereocenters. The van der Waals surface area contributed by atoms with Crippen LogP contribution in [0.25, 0.3) is 0 Å². The first-order valence-electron chi connectivity index (χ1n) is 5.88. The van der Waals surface area contributed by atoms with Gasteiger partial charge in [-0.2, -0.15) is 0 Å². The van der Waals surface area contributed by atoms with Gasteiger partial charge in [0.1, 0.15) is 5.69 Å². The summed E-state index contributed by atoms with van der Waals surface area (Å²) in [4.78, 5) is 10.1. The van der Waals surface area contributed by atoms with Gasteiger partial charge in [0.05, 0.1) is 16.4 Å². The number of nitrogen functional groups attached to an aromatic ring is 1. The highest BCUT2D eigenvalue weighted by Crippen LogP contribution is 2.26. The van der Waals surface area contributed by atoms with Gasteiger partial charge >= 0.3 is 0 Å². The second-order valence-corrected chi connectivity index (χ2v) is 6.86. The Labute approximate surface area is 110 Å². The summed E-state index contributed by atoms with van der Waals surface area (Å²) >= 11 is 0. The van der Waals surface area contributed by atoms with Gasteiger partial charge in [-0.15, -0.1) is 0 Å². The van der Waals surface area contributed by atoms with Crippen molar-refractivity contribution in [2.45, 2.75) is 18.9 Å². The van der Waals surface area contributed by atoms with Crippen LogP contribution in [-0.2, 0) is 9.84 Å². The molecule has 1 heterocycles. The van der Waals surface area contributed by atoms with Gasteiger partial charge in [-0.3, -0.25) is 10.1 Å². The molecule has 0 bridgehead atoms. The van der Waals surface area contributed by atoms with E-state index in [1.807, 2.05) is 0 Å². The molecule has 2 rings (SSSR count). The van der Waals surface area contributed by atoms with E-state index in [2.05, 4.69) is 5.32 Å². The van der Waals surface area contributed by atoms with Gasteiger partial charge in [0.15, 0.2) is 9.84 Å². The molecule has 1 aliphatic rings. The minimum Gasteiger partial charge on any atom is -0.393 e. The molecule has 0 amide bonds. The van der Waals surface area contributed by atoms with Crippen LogP contribution in [0.1, 0.15) is 12.8 Å². The molecule has 1 aromatic rings. The maximum Gasteiger partial charge on any atom is 0.292 e. The van der Waals surface area contributed by atoms with Crippen LogP contribution in [0.2, 0.25) is 0 Å². The van der Waals surface area contributed by atoms with Gasteiger partial charge in [-0.05, 0) is 25.0 Å². The molecular weight excluding hydrogens is 270 g/mol. The maximum atomic E-state index is 11.5. The molecule has 1 atom stereocenters. The lowest BCUT2D eigenvalue weighted by molar-refractivity contribution is -0.383. The summed E-state index contributed by atoms with van der Waals surface area (Å²) in [5.41, 5.74) is 6.10. The zero-order chi connectivity index (χ0) is 14.0. The number of sulfone groups is 1. The zero-order valence-electron chi connectivity index (χ0n) is 10.2. The van der Waals surface area contributed by atoms with E-state index in [9.17, 15) is 18.5 Å². The average molecular weight is 285 g/mol. The Morgan fingerprint density at radius 3 is 2.74 bits per heavy atom. The number of rotatable bonds is 3. The minimum atomic E-state index is -2.99. The number of hydrogen-bond acceptors (Lipinski definition) is 6. The van der Waals surface area contributed by atoms with E-state index < -0.39 is 14.8 Å². The van der Waals surface area contributed by atoms with Crippen molar-refractivity contribution in [2.75, 3.05) is 22.6 Å². The zero-order valence-corrected chi connectivity index (χ0v) is 11.0. The molecule has 0 radical (unpaired) electrons. The first-order chi connectivity index (χ1) is 8.87. The Morgan fingerprint density at radius 2 is 2.16 bits per heavy atom. The fourth-order valence-corrected chi connectivity index (χ4v) is 3.82. The number of nitro groups is 1. The summed E-state index contributed by atoms with van der Waals surface area (Å²) in [5.74, 6) is 0.317. The highest BCUT2D eigenvalue weighted by molar-refractivity contribution is 7.91. The van der Waals surface area contributed by atoms with Gasteiger partial charge in [0, 0.05) is 17.8 Å². The van der Waals surface area contributed by atoms with Gasteiger partial charge in [0.2, 0.25) is 0 Å². The van der Waals surface area contributed by atoms with E-state index in [1.165, 1.54) is 18.2 Å². The van der Waals surface area contributed by atoms with E-state index in [-0.39, 0.29) is 28.9 Å². The Morgan fingerprint density at radius 1 is 1.42 bits per heavy atom. The fraction of sp³-hybridized carbons (Fsp3) is 0.455. The standard InChI is InChI=1S/C11H15N3O4S/c12-10-6-8(3-4-11(10)14(15)16)13-9-2-1-5-19(17,18)7-9/h3-4,6,9,13H,1-2,5,7,12H2.